The second-order valence-corrected chi connectivity index (χ2v) is 3.73. The summed E-state index contributed by atoms with van der Waals surface area (Å²) >= 11 is 0. The Hall–Kier alpha value is -1.51. The molecule has 0 N–H and O–H groups in total. The van der Waals surface area contributed by atoms with Gasteiger partial charge < -0.3 is 9.47 Å². The number of hydrogen-bond acceptors (Lipinski definition) is 3. The highest BCUT2D eigenvalue weighted by Crippen LogP contribution is 2.29. The third-order valence-corrected chi connectivity index (χ3v) is 2.46. The summed E-state index contributed by atoms with van der Waals surface area (Å²) in [5, 5.41) is 0. The van der Waals surface area contributed by atoms with Gasteiger partial charge in [-0.2, -0.15) is 0 Å². The third-order valence-electron chi connectivity index (χ3n) is 2.46. The summed E-state index contributed by atoms with van der Waals surface area (Å²) in [5.74, 6) is 1.12. The Bertz CT molecular complexity index is 371. The normalized spacial score (nSPS) is 12.0. The molecule has 1 atom stereocenters. The second kappa shape index (κ2) is 5.54. The number of ketones is 1. The predicted molar refractivity (Wildman–Crippen MR) is 63.4 cm³/mol. The fourth-order valence-electron chi connectivity index (χ4n) is 1.43. The Balaban J connectivity index is 3.12. The summed E-state index contributed by atoms with van der Waals surface area (Å²) in [6, 6.07) is 5.38. The summed E-state index contributed by atoms with van der Waals surface area (Å²) in [7, 11) is 1.55. The van der Waals surface area contributed by atoms with Gasteiger partial charge in [0.05, 0.1) is 13.2 Å². The quantitative estimate of drug-likeness (QED) is 0.718. The first-order valence-corrected chi connectivity index (χ1v) is 5.44. The largest absolute Gasteiger partial charge is 0.496 e. The van der Waals surface area contributed by atoms with Crippen LogP contribution >= 0.6 is 0 Å². The van der Waals surface area contributed by atoms with Crippen LogP contribution in [-0.2, 0) is 0 Å². The van der Waals surface area contributed by atoms with E-state index in [2.05, 4.69) is 0 Å². The van der Waals surface area contributed by atoms with Crippen molar-refractivity contribution < 1.29 is 14.3 Å². The lowest BCUT2D eigenvalue weighted by Gasteiger charge is -2.16. The van der Waals surface area contributed by atoms with Gasteiger partial charge in [-0.05, 0) is 32.4 Å². The maximum absolute atomic E-state index is 11.6. The van der Waals surface area contributed by atoms with Crippen LogP contribution in [0, 0.1) is 0 Å². The molecule has 0 saturated heterocycles. The van der Waals surface area contributed by atoms with Crippen LogP contribution < -0.4 is 9.47 Å². The van der Waals surface area contributed by atoms with Crippen molar-refractivity contribution in [2.45, 2.75) is 33.3 Å². The fraction of sp³-hybridized carbons (Fsp3) is 0.462. The fourth-order valence-corrected chi connectivity index (χ4v) is 1.43. The van der Waals surface area contributed by atoms with Crippen LogP contribution in [0.4, 0.5) is 0 Å². The van der Waals surface area contributed by atoms with Crippen LogP contribution in [0.3, 0.4) is 0 Å². The van der Waals surface area contributed by atoms with E-state index in [4.69, 9.17) is 9.47 Å². The second-order valence-electron chi connectivity index (χ2n) is 3.73. The minimum atomic E-state index is -0.0456. The highest BCUT2D eigenvalue weighted by molar-refractivity contribution is 5.99. The van der Waals surface area contributed by atoms with E-state index in [1.807, 2.05) is 19.9 Å². The number of rotatable bonds is 5. The summed E-state index contributed by atoms with van der Waals surface area (Å²) < 4.78 is 10.9. The Labute approximate surface area is 96.4 Å². The topological polar surface area (TPSA) is 35.5 Å². The van der Waals surface area contributed by atoms with Crippen LogP contribution in [0.5, 0.6) is 11.5 Å². The number of carbonyl (C=O) groups is 1. The van der Waals surface area contributed by atoms with Gasteiger partial charge in [-0.15, -0.1) is 0 Å². The molecule has 0 aliphatic carbocycles. The summed E-state index contributed by atoms with van der Waals surface area (Å²) in [4.78, 5) is 11.6. The zero-order valence-corrected chi connectivity index (χ0v) is 10.2. The smallest absolute Gasteiger partial charge is 0.167 e. The molecule has 1 rings (SSSR count). The molecule has 0 aliphatic heterocycles. The van der Waals surface area contributed by atoms with E-state index >= 15 is 0 Å². The van der Waals surface area contributed by atoms with Crippen molar-refractivity contribution in [3.63, 3.8) is 0 Å². The van der Waals surface area contributed by atoms with Crippen LogP contribution in [-0.4, -0.2) is 19.0 Å². The minimum absolute atomic E-state index is 0.0456. The Kier molecular flexibility index (Phi) is 4.35. The molecule has 3 nitrogen and oxygen atoms in total. The highest BCUT2D eigenvalue weighted by Gasteiger charge is 2.15. The molecule has 0 spiro atoms. The molecular weight excluding hydrogens is 204 g/mol. The molecule has 16 heavy (non-hydrogen) atoms. The lowest BCUT2D eigenvalue weighted by molar-refractivity contribution is 0.100. The van der Waals surface area contributed by atoms with E-state index < -0.39 is 0 Å². The molecule has 3 heteroatoms. The summed E-state index contributed by atoms with van der Waals surface area (Å²) in [6.45, 7) is 5.53. The van der Waals surface area contributed by atoms with Crippen molar-refractivity contribution in [3.8, 4) is 11.5 Å². The van der Waals surface area contributed by atoms with Crippen molar-refractivity contribution in [1.82, 2.24) is 0 Å². The molecule has 0 bridgehead atoms. The molecule has 1 unspecified atom stereocenters. The zero-order valence-electron chi connectivity index (χ0n) is 10.2. The number of Topliss-reactive ketones (excluding diaryl/α,β-unsaturated/α-hetero) is 1. The van der Waals surface area contributed by atoms with Gasteiger partial charge in [0.2, 0.25) is 0 Å². The Morgan fingerprint density at radius 3 is 2.50 bits per heavy atom. The lowest BCUT2D eigenvalue weighted by Crippen LogP contribution is -2.12. The average Bonchev–Trinajstić information content (AvgIpc) is 2.28. The van der Waals surface area contributed by atoms with Crippen LogP contribution in [0.2, 0.25) is 0 Å². The maximum Gasteiger partial charge on any atom is 0.167 e. The van der Waals surface area contributed by atoms with Crippen molar-refractivity contribution in [1.29, 1.82) is 0 Å². The molecule has 0 aromatic heterocycles. The number of methoxy groups -OCH3 is 1. The van der Waals surface area contributed by atoms with Gasteiger partial charge >= 0.3 is 0 Å². The SMILES string of the molecule is CCC(C)Oc1cccc(OC)c1C(C)=O. The number of hydrogen-bond donors (Lipinski definition) is 0. The van der Waals surface area contributed by atoms with Crippen molar-refractivity contribution in [2.24, 2.45) is 0 Å². The van der Waals surface area contributed by atoms with Crippen LogP contribution in [0.25, 0.3) is 0 Å². The van der Waals surface area contributed by atoms with Crippen LogP contribution in [0.15, 0.2) is 18.2 Å². The number of benzene rings is 1. The first-order chi connectivity index (χ1) is 7.60. The maximum atomic E-state index is 11.6. The molecular formula is C13H18O3. The standard InChI is InChI=1S/C13H18O3/c1-5-9(2)16-12-8-6-7-11(15-4)13(12)10(3)14/h6-9H,5H2,1-4H3. The number of carbonyl (C=O) groups excluding carboxylic acids is 1. The molecule has 0 radical (unpaired) electrons. The van der Waals surface area contributed by atoms with E-state index in [0.717, 1.165) is 6.42 Å². The van der Waals surface area contributed by atoms with Crippen molar-refractivity contribution in [2.75, 3.05) is 7.11 Å². The third kappa shape index (κ3) is 2.75. The zero-order chi connectivity index (χ0) is 12.1. The minimum Gasteiger partial charge on any atom is -0.496 e. The van der Waals surface area contributed by atoms with Gasteiger partial charge in [0.15, 0.2) is 5.78 Å². The summed E-state index contributed by atoms with van der Waals surface area (Å²) in [5.41, 5.74) is 0.519. The number of ether oxygens (including phenoxy) is 2. The first kappa shape index (κ1) is 12.6. The van der Waals surface area contributed by atoms with Gasteiger partial charge in [-0.3, -0.25) is 4.79 Å². The van der Waals surface area contributed by atoms with E-state index in [1.165, 1.54) is 6.92 Å². The molecule has 0 heterocycles. The van der Waals surface area contributed by atoms with Gasteiger partial charge in [0, 0.05) is 0 Å². The van der Waals surface area contributed by atoms with E-state index in [-0.39, 0.29) is 11.9 Å². The monoisotopic (exact) mass is 222 g/mol. The summed E-state index contributed by atoms with van der Waals surface area (Å²) in [6.07, 6.45) is 0.986. The van der Waals surface area contributed by atoms with E-state index in [0.29, 0.717) is 17.1 Å². The van der Waals surface area contributed by atoms with Crippen LogP contribution in [0.1, 0.15) is 37.6 Å². The van der Waals surface area contributed by atoms with Gasteiger partial charge in [0.25, 0.3) is 0 Å². The Morgan fingerprint density at radius 2 is 2.00 bits per heavy atom. The molecule has 0 fully saturated rings. The predicted octanol–water partition coefficient (Wildman–Crippen LogP) is 3.08. The van der Waals surface area contributed by atoms with Gasteiger partial charge in [0.1, 0.15) is 17.1 Å². The molecule has 1 aromatic carbocycles. The van der Waals surface area contributed by atoms with E-state index in [1.54, 1.807) is 19.2 Å². The van der Waals surface area contributed by atoms with Crippen molar-refractivity contribution >= 4 is 5.78 Å². The average molecular weight is 222 g/mol. The van der Waals surface area contributed by atoms with Gasteiger partial charge in [-0.1, -0.05) is 13.0 Å². The molecule has 0 saturated carbocycles. The molecule has 1 aromatic rings. The lowest BCUT2D eigenvalue weighted by atomic mass is 10.1. The van der Waals surface area contributed by atoms with Gasteiger partial charge in [-0.25, -0.2) is 0 Å². The molecule has 0 aliphatic rings. The van der Waals surface area contributed by atoms with E-state index in [9.17, 15) is 4.79 Å². The highest BCUT2D eigenvalue weighted by atomic mass is 16.5. The first-order valence-electron chi connectivity index (χ1n) is 5.44. The Morgan fingerprint density at radius 1 is 1.38 bits per heavy atom. The van der Waals surface area contributed by atoms with Crippen molar-refractivity contribution in [3.05, 3.63) is 23.8 Å². The molecule has 88 valence electrons. The molecule has 0 amide bonds.